The SMILES string of the molecule is CCCCOc1cccc(CNC(=NC)NCCn2cnnc2CC)c1. The maximum Gasteiger partial charge on any atom is 0.191 e. The number of nitrogens with one attached hydrogen (secondary N) is 2. The predicted octanol–water partition coefficient (Wildman–Crippen LogP) is 2.38. The van der Waals surface area contributed by atoms with Crippen LogP contribution in [-0.2, 0) is 19.5 Å². The highest BCUT2D eigenvalue weighted by Gasteiger charge is 2.03. The third kappa shape index (κ3) is 6.38. The average molecular weight is 358 g/mol. The molecule has 0 unspecified atom stereocenters. The second-order valence-corrected chi connectivity index (χ2v) is 6.00. The van der Waals surface area contributed by atoms with Gasteiger partial charge in [0.05, 0.1) is 6.61 Å². The van der Waals surface area contributed by atoms with E-state index in [4.69, 9.17) is 4.74 Å². The minimum Gasteiger partial charge on any atom is -0.494 e. The van der Waals surface area contributed by atoms with Gasteiger partial charge in [-0.25, -0.2) is 0 Å². The molecule has 0 saturated heterocycles. The van der Waals surface area contributed by atoms with Crippen molar-refractivity contribution in [1.29, 1.82) is 0 Å². The number of guanidine groups is 1. The molecule has 142 valence electrons. The largest absolute Gasteiger partial charge is 0.494 e. The lowest BCUT2D eigenvalue weighted by Gasteiger charge is -2.13. The summed E-state index contributed by atoms with van der Waals surface area (Å²) < 4.78 is 7.81. The van der Waals surface area contributed by atoms with E-state index >= 15 is 0 Å². The van der Waals surface area contributed by atoms with E-state index in [1.165, 1.54) is 0 Å². The van der Waals surface area contributed by atoms with Crippen LogP contribution in [0.1, 0.15) is 38.1 Å². The minimum absolute atomic E-state index is 0.692. The van der Waals surface area contributed by atoms with Crippen molar-refractivity contribution in [2.45, 2.75) is 46.2 Å². The van der Waals surface area contributed by atoms with E-state index in [1.807, 2.05) is 12.1 Å². The van der Waals surface area contributed by atoms with Crippen molar-refractivity contribution in [3.63, 3.8) is 0 Å². The second kappa shape index (κ2) is 11.1. The van der Waals surface area contributed by atoms with Crippen LogP contribution in [0.2, 0.25) is 0 Å². The zero-order valence-corrected chi connectivity index (χ0v) is 16.0. The van der Waals surface area contributed by atoms with Gasteiger partial charge in [0.25, 0.3) is 0 Å². The fourth-order valence-electron chi connectivity index (χ4n) is 2.52. The van der Waals surface area contributed by atoms with Crippen LogP contribution in [0.25, 0.3) is 0 Å². The number of aromatic nitrogens is 3. The molecule has 7 nitrogen and oxygen atoms in total. The lowest BCUT2D eigenvalue weighted by molar-refractivity contribution is 0.309. The molecule has 0 radical (unpaired) electrons. The first-order valence-electron chi connectivity index (χ1n) is 9.29. The van der Waals surface area contributed by atoms with Crippen molar-refractivity contribution in [1.82, 2.24) is 25.4 Å². The number of hydrogen-bond donors (Lipinski definition) is 2. The number of hydrogen-bond acceptors (Lipinski definition) is 4. The standard InChI is InChI=1S/C19H30N6O/c1-4-6-12-26-17-9-7-8-16(13-17)14-22-19(20-3)21-10-11-25-15-23-24-18(25)5-2/h7-9,13,15H,4-6,10-12,14H2,1-3H3,(H2,20,21,22). The van der Waals surface area contributed by atoms with Gasteiger partial charge in [-0.2, -0.15) is 0 Å². The van der Waals surface area contributed by atoms with Crippen molar-refractivity contribution in [2.75, 3.05) is 20.2 Å². The first-order chi connectivity index (χ1) is 12.8. The molecule has 0 amide bonds. The number of aryl methyl sites for hydroxylation is 1. The third-order valence-corrected chi connectivity index (χ3v) is 4.01. The summed E-state index contributed by atoms with van der Waals surface area (Å²) in [6.07, 6.45) is 4.85. The number of rotatable bonds is 10. The predicted molar refractivity (Wildman–Crippen MR) is 104 cm³/mol. The topological polar surface area (TPSA) is 76.4 Å². The molecule has 0 fully saturated rings. The minimum atomic E-state index is 0.692. The van der Waals surface area contributed by atoms with E-state index in [2.05, 4.69) is 56.4 Å². The second-order valence-electron chi connectivity index (χ2n) is 6.00. The van der Waals surface area contributed by atoms with E-state index in [-0.39, 0.29) is 0 Å². The lowest BCUT2D eigenvalue weighted by Crippen LogP contribution is -2.38. The maximum atomic E-state index is 5.76. The quantitative estimate of drug-likeness (QED) is 0.387. The summed E-state index contributed by atoms with van der Waals surface area (Å²) in [4.78, 5) is 4.27. The Morgan fingerprint density at radius 2 is 2.15 bits per heavy atom. The summed E-state index contributed by atoms with van der Waals surface area (Å²) in [6.45, 7) is 7.25. The lowest BCUT2D eigenvalue weighted by atomic mass is 10.2. The number of aliphatic imine (C=N–C) groups is 1. The van der Waals surface area contributed by atoms with Crippen molar-refractivity contribution in [2.24, 2.45) is 4.99 Å². The smallest absolute Gasteiger partial charge is 0.191 e. The third-order valence-electron chi connectivity index (χ3n) is 4.01. The van der Waals surface area contributed by atoms with Gasteiger partial charge in [-0.15, -0.1) is 10.2 Å². The summed E-state index contributed by atoms with van der Waals surface area (Å²) in [5.41, 5.74) is 1.16. The Balaban J connectivity index is 1.77. The summed E-state index contributed by atoms with van der Waals surface area (Å²) in [5, 5.41) is 14.7. The van der Waals surface area contributed by atoms with Crippen LogP contribution < -0.4 is 15.4 Å². The molecule has 0 saturated carbocycles. The fourth-order valence-corrected chi connectivity index (χ4v) is 2.52. The van der Waals surface area contributed by atoms with Crippen LogP contribution in [0.5, 0.6) is 5.75 Å². The van der Waals surface area contributed by atoms with E-state index in [0.717, 1.165) is 62.1 Å². The van der Waals surface area contributed by atoms with Crippen LogP contribution in [0, 0.1) is 0 Å². The normalized spacial score (nSPS) is 11.4. The van der Waals surface area contributed by atoms with E-state index in [1.54, 1.807) is 13.4 Å². The van der Waals surface area contributed by atoms with Crippen molar-refractivity contribution >= 4 is 5.96 Å². The van der Waals surface area contributed by atoms with Gasteiger partial charge in [-0.05, 0) is 24.1 Å². The Morgan fingerprint density at radius 3 is 2.92 bits per heavy atom. The van der Waals surface area contributed by atoms with Gasteiger partial charge in [0.1, 0.15) is 17.9 Å². The summed E-state index contributed by atoms with van der Waals surface area (Å²) in [5.74, 6) is 2.68. The molecule has 0 aliphatic carbocycles. The molecule has 2 aromatic rings. The van der Waals surface area contributed by atoms with Gasteiger partial charge in [0, 0.05) is 33.1 Å². The molecule has 0 spiro atoms. The highest BCUT2D eigenvalue weighted by molar-refractivity contribution is 5.79. The van der Waals surface area contributed by atoms with Crippen LogP contribution >= 0.6 is 0 Å². The van der Waals surface area contributed by atoms with E-state index < -0.39 is 0 Å². The molecular formula is C19H30N6O. The molecule has 0 aliphatic rings. The van der Waals surface area contributed by atoms with Crippen molar-refractivity contribution in [3.05, 3.63) is 42.0 Å². The Morgan fingerprint density at radius 1 is 1.27 bits per heavy atom. The van der Waals surface area contributed by atoms with Crippen LogP contribution in [0.3, 0.4) is 0 Å². The maximum absolute atomic E-state index is 5.76. The fraction of sp³-hybridized carbons (Fsp3) is 0.526. The zero-order chi connectivity index (χ0) is 18.6. The zero-order valence-electron chi connectivity index (χ0n) is 16.0. The highest BCUT2D eigenvalue weighted by atomic mass is 16.5. The molecule has 2 N–H and O–H groups in total. The summed E-state index contributed by atoms with van der Waals surface area (Å²) >= 11 is 0. The van der Waals surface area contributed by atoms with Crippen molar-refractivity contribution in [3.8, 4) is 5.75 Å². The molecule has 1 heterocycles. The Labute approximate surface area is 155 Å². The molecule has 7 heteroatoms. The van der Waals surface area contributed by atoms with Crippen molar-refractivity contribution < 1.29 is 4.74 Å². The van der Waals surface area contributed by atoms with Gasteiger partial charge in [-0.1, -0.05) is 32.4 Å². The van der Waals surface area contributed by atoms with Crippen LogP contribution in [0.15, 0.2) is 35.6 Å². The monoisotopic (exact) mass is 358 g/mol. The Hall–Kier alpha value is -2.57. The molecule has 1 aromatic carbocycles. The first kappa shape index (κ1) is 19.8. The number of unbranched alkanes of at least 4 members (excludes halogenated alkanes) is 1. The Bertz CT molecular complexity index is 682. The van der Waals surface area contributed by atoms with Crippen LogP contribution in [-0.4, -0.2) is 40.9 Å². The first-order valence-corrected chi connectivity index (χ1v) is 9.29. The van der Waals surface area contributed by atoms with Crippen LogP contribution in [0.4, 0.5) is 0 Å². The highest BCUT2D eigenvalue weighted by Crippen LogP contribution is 2.13. The molecule has 0 bridgehead atoms. The molecule has 2 rings (SSSR count). The van der Waals surface area contributed by atoms with Gasteiger partial charge < -0.3 is 19.9 Å². The summed E-state index contributed by atoms with van der Waals surface area (Å²) in [7, 11) is 1.77. The average Bonchev–Trinajstić information content (AvgIpc) is 3.12. The van der Waals surface area contributed by atoms with Gasteiger partial charge in [0.15, 0.2) is 5.96 Å². The van der Waals surface area contributed by atoms with Gasteiger partial charge in [-0.3, -0.25) is 4.99 Å². The molecule has 0 atom stereocenters. The number of nitrogens with zero attached hydrogens (tertiary/aromatic N) is 4. The van der Waals surface area contributed by atoms with E-state index in [0.29, 0.717) is 6.54 Å². The molecular weight excluding hydrogens is 328 g/mol. The summed E-state index contributed by atoms with van der Waals surface area (Å²) in [6, 6.07) is 8.17. The number of ether oxygens (including phenoxy) is 1. The molecule has 1 aromatic heterocycles. The Kier molecular flexibility index (Phi) is 8.45. The van der Waals surface area contributed by atoms with E-state index in [9.17, 15) is 0 Å². The van der Waals surface area contributed by atoms with Gasteiger partial charge >= 0.3 is 0 Å². The molecule has 26 heavy (non-hydrogen) atoms. The molecule has 0 aliphatic heterocycles. The van der Waals surface area contributed by atoms with Gasteiger partial charge in [0.2, 0.25) is 0 Å². The number of benzene rings is 1.